The lowest BCUT2D eigenvalue weighted by Crippen LogP contribution is -2.40. The van der Waals surface area contributed by atoms with Crippen molar-refractivity contribution in [3.05, 3.63) is 109 Å². The van der Waals surface area contributed by atoms with Gasteiger partial charge in [-0.25, -0.2) is 4.99 Å². The molecule has 0 saturated heterocycles. The first-order valence-corrected chi connectivity index (χ1v) is 12.7. The van der Waals surface area contributed by atoms with Crippen molar-refractivity contribution in [2.75, 3.05) is 19.5 Å². The molecule has 2 heterocycles. The average Bonchev–Trinajstić information content (AvgIpc) is 3.23. The van der Waals surface area contributed by atoms with Crippen LogP contribution in [0.3, 0.4) is 0 Å². The summed E-state index contributed by atoms with van der Waals surface area (Å²) in [4.78, 5) is 32.6. The van der Waals surface area contributed by atoms with Gasteiger partial charge in [-0.2, -0.15) is 0 Å². The fraction of sp³-hybridized carbons (Fsp3) is 0.138. The first-order chi connectivity index (χ1) is 18.8. The number of methoxy groups -OCH3 is 2. The zero-order valence-electron chi connectivity index (χ0n) is 21.3. The van der Waals surface area contributed by atoms with Crippen LogP contribution in [-0.4, -0.2) is 34.9 Å². The Morgan fingerprint density at radius 3 is 2.51 bits per heavy atom. The molecule has 5 rings (SSSR count). The third-order valence-corrected chi connectivity index (χ3v) is 7.32. The zero-order chi connectivity index (χ0) is 27.7. The topological polar surface area (TPSA) is 122 Å². The number of phenols is 2. The van der Waals surface area contributed by atoms with E-state index in [1.54, 1.807) is 44.4 Å². The van der Waals surface area contributed by atoms with Crippen LogP contribution in [-0.2, 0) is 4.79 Å². The normalized spacial score (nSPS) is 14.9. The van der Waals surface area contributed by atoms with E-state index in [4.69, 9.17) is 9.47 Å². The Morgan fingerprint density at radius 1 is 1.05 bits per heavy atom. The summed E-state index contributed by atoms with van der Waals surface area (Å²) in [5.74, 6) is 0.318. The quantitative estimate of drug-likeness (QED) is 0.343. The van der Waals surface area contributed by atoms with Gasteiger partial charge in [-0.05, 0) is 49.4 Å². The van der Waals surface area contributed by atoms with Crippen LogP contribution in [0.2, 0.25) is 0 Å². The van der Waals surface area contributed by atoms with E-state index in [1.165, 1.54) is 36.0 Å². The number of ether oxygens (including phenoxy) is 2. The van der Waals surface area contributed by atoms with E-state index in [-0.39, 0.29) is 17.1 Å². The van der Waals surface area contributed by atoms with Crippen molar-refractivity contribution in [2.45, 2.75) is 13.0 Å². The van der Waals surface area contributed by atoms with Gasteiger partial charge in [0.15, 0.2) is 4.80 Å². The predicted octanol–water partition coefficient (Wildman–Crippen LogP) is 3.30. The number of phenolic OH excluding ortho intramolecular Hbond substituents is 2. The summed E-state index contributed by atoms with van der Waals surface area (Å²) >= 11 is 1.13. The Morgan fingerprint density at radius 2 is 1.82 bits per heavy atom. The second-order valence-corrected chi connectivity index (χ2v) is 9.76. The lowest BCUT2D eigenvalue weighted by Gasteiger charge is -2.26. The van der Waals surface area contributed by atoms with Gasteiger partial charge in [0.2, 0.25) is 0 Å². The lowest BCUT2D eigenvalue weighted by atomic mass is 9.94. The SMILES string of the molecule is COc1ccc([C@@H]2C(C(=O)Nc3ccccc3)=C(C)N=c3s/c(=C\c4ccc(O)cc4O)c(=O)n32)c(OC)c1. The van der Waals surface area contributed by atoms with Crippen LogP contribution >= 0.6 is 11.3 Å². The number of carbonyl (C=O) groups excluding carboxylic acids is 1. The molecule has 198 valence electrons. The van der Waals surface area contributed by atoms with Crippen LogP contribution in [0.4, 0.5) is 5.69 Å². The molecule has 1 amide bonds. The number of aromatic hydroxyl groups is 2. The number of para-hydroxylation sites is 1. The van der Waals surface area contributed by atoms with Crippen molar-refractivity contribution in [3.63, 3.8) is 0 Å². The minimum Gasteiger partial charge on any atom is -0.508 e. The highest BCUT2D eigenvalue weighted by atomic mass is 32.1. The number of fused-ring (bicyclic) bond motifs is 1. The van der Waals surface area contributed by atoms with Crippen LogP contribution in [0.5, 0.6) is 23.0 Å². The number of amides is 1. The largest absolute Gasteiger partial charge is 0.508 e. The molecule has 1 atom stereocenters. The summed E-state index contributed by atoms with van der Waals surface area (Å²) in [7, 11) is 3.05. The molecule has 0 unspecified atom stereocenters. The first-order valence-electron chi connectivity index (χ1n) is 11.9. The van der Waals surface area contributed by atoms with Gasteiger partial charge in [-0.15, -0.1) is 0 Å². The summed E-state index contributed by atoms with van der Waals surface area (Å²) in [6.45, 7) is 1.73. The summed E-state index contributed by atoms with van der Waals surface area (Å²) in [6, 6.07) is 17.5. The van der Waals surface area contributed by atoms with Gasteiger partial charge in [-0.1, -0.05) is 29.5 Å². The van der Waals surface area contributed by atoms with Crippen LogP contribution in [0.25, 0.3) is 6.08 Å². The van der Waals surface area contributed by atoms with Crippen LogP contribution in [0.15, 0.2) is 87.8 Å². The van der Waals surface area contributed by atoms with Crippen LogP contribution in [0.1, 0.15) is 24.1 Å². The average molecular weight is 544 g/mol. The molecule has 39 heavy (non-hydrogen) atoms. The highest BCUT2D eigenvalue weighted by molar-refractivity contribution is 7.07. The predicted molar refractivity (Wildman–Crippen MR) is 148 cm³/mol. The van der Waals surface area contributed by atoms with E-state index in [2.05, 4.69) is 10.3 Å². The number of thiazole rings is 1. The van der Waals surface area contributed by atoms with Crippen molar-refractivity contribution >= 4 is 29.0 Å². The fourth-order valence-corrected chi connectivity index (χ4v) is 5.50. The monoisotopic (exact) mass is 543 g/mol. The number of aromatic nitrogens is 1. The zero-order valence-corrected chi connectivity index (χ0v) is 22.2. The number of allylic oxidation sites excluding steroid dienone is 1. The molecule has 4 aromatic rings. The third kappa shape index (κ3) is 4.89. The number of nitrogens with one attached hydrogen (secondary N) is 1. The number of rotatable bonds is 6. The van der Waals surface area contributed by atoms with E-state index in [9.17, 15) is 19.8 Å². The molecule has 0 saturated carbocycles. The van der Waals surface area contributed by atoms with Crippen LogP contribution < -0.4 is 29.7 Å². The molecule has 3 N–H and O–H groups in total. The minimum absolute atomic E-state index is 0.0950. The van der Waals surface area contributed by atoms with Gasteiger partial charge >= 0.3 is 0 Å². The number of anilines is 1. The Labute approximate surface area is 227 Å². The molecule has 0 fully saturated rings. The molecule has 10 heteroatoms. The van der Waals surface area contributed by atoms with Crippen molar-refractivity contribution in [3.8, 4) is 23.0 Å². The van der Waals surface area contributed by atoms with Gasteiger partial charge in [0.05, 0.1) is 30.0 Å². The van der Waals surface area contributed by atoms with Crippen molar-refractivity contribution < 1.29 is 24.5 Å². The molecule has 9 nitrogen and oxygen atoms in total. The molecule has 1 aliphatic heterocycles. The number of hydrogen-bond donors (Lipinski definition) is 3. The minimum atomic E-state index is -0.860. The maximum absolute atomic E-state index is 13.9. The Balaban J connectivity index is 1.73. The van der Waals surface area contributed by atoms with E-state index < -0.39 is 17.5 Å². The molecule has 0 aliphatic carbocycles. The van der Waals surface area contributed by atoms with Crippen LogP contribution in [0, 0.1) is 0 Å². The van der Waals surface area contributed by atoms with Gasteiger partial charge in [-0.3, -0.25) is 14.2 Å². The molecule has 1 aromatic heterocycles. The third-order valence-electron chi connectivity index (χ3n) is 6.33. The molecular formula is C29H25N3O6S. The first kappa shape index (κ1) is 25.8. The molecule has 1 aliphatic rings. The maximum Gasteiger partial charge on any atom is 0.271 e. The standard InChI is InChI=1S/C29H25N3O6S/c1-16-25(27(35)31-18-7-5-4-6-8-18)26(21-12-11-20(37-2)15-23(21)38-3)32-28(36)24(39-29(32)30-16)13-17-9-10-19(33)14-22(17)34/h4-15,26,33-34H,1-3H3,(H,31,35)/b24-13-/t26-/m1/s1. The van der Waals surface area contributed by atoms with E-state index in [1.807, 2.05) is 18.2 Å². The smallest absolute Gasteiger partial charge is 0.271 e. The fourth-order valence-electron chi connectivity index (χ4n) is 4.47. The van der Waals surface area contributed by atoms with E-state index >= 15 is 0 Å². The van der Waals surface area contributed by atoms with Gasteiger partial charge in [0, 0.05) is 28.9 Å². The molecule has 3 aromatic carbocycles. The van der Waals surface area contributed by atoms with E-state index in [0.29, 0.717) is 43.3 Å². The molecular weight excluding hydrogens is 518 g/mol. The Bertz CT molecular complexity index is 1790. The summed E-state index contributed by atoms with van der Waals surface area (Å²) in [5, 5.41) is 22.8. The maximum atomic E-state index is 13.9. The number of nitrogens with zero attached hydrogens (tertiary/aromatic N) is 2. The second kappa shape index (κ2) is 10.5. The molecule has 0 spiro atoms. The van der Waals surface area contributed by atoms with Crippen molar-refractivity contribution in [2.24, 2.45) is 4.99 Å². The lowest BCUT2D eigenvalue weighted by molar-refractivity contribution is -0.113. The summed E-state index contributed by atoms with van der Waals surface area (Å²) < 4.78 is 12.8. The highest BCUT2D eigenvalue weighted by Gasteiger charge is 2.34. The van der Waals surface area contributed by atoms with Gasteiger partial charge < -0.3 is 25.0 Å². The summed E-state index contributed by atoms with van der Waals surface area (Å²) in [5.41, 5.74) is 1.87. The summed E-state index contributed by atoms with van der Waals surface area (Å²) in [6.07, 6.45) is 1.53. The Kier molecular flexibility index (Phi) is 6.95. The highest BCUT2D eigenvalue weighted by Crippen LogP contribution is 2.37. The Hall–Kier alpha value is -4.83. The number of hydrogen-bond acceptors (Lipinski definition) is 8. The van der Waals surface area contributed by atoms with Gasteiger partial charge in [0.25, 0.3) is 11.5 Å². The number of carbonyl (C=O) groups is 1. The molecule has 0 bridgehead atoms. The number of benzene rings is 3. The van der Waals surface area contributed by atoms with Crippen molar-refractivity contribution in [1.82, 2.24) is 4.57 Å². The van der Waals surface area contributed by atoms with E-state index in [0.717, 1.165) is 11.3 Å². The molecule has 0 radical (unpaired) electrons. The van der Waals surface area contributed by atoms with Crippen molar-refractivity contribution in [1.29, 1.82) is 0 Å². The second-order valence-electron chi connectivity index (χ2n) is 8.75. The van der Waals surface area contributed by atoms with Gasteiger partial charge in [0.1, 0.15) is 29.0 Å².